The van der Waals surface area contributed by atoms with Crippen LogP contribution in [-0.2, 0) is 11.2 Å². The van der Waals surface area contributed by atoms with Crippen LogP contribution in [0.1, 0.15) is 22.3 Å². The van der Waals surface area contributed by atoms with Crippen molar-refractivity contribution >= 4 is 11.6 Å². The van der Waals surface area contributed by atoms with Gasteiger partial charge in [-0.05, 0) is 49.1 Å². The third kappa shape index (κ3) is 3.61. The number of carbonyl (C=O) groups excluding carboxylic acids is 1. The Kier molecular flexibility index (Phi) is 4.89. The molecule has 3 rings (SSSR count). The lowest BCUT2D eigenvalue weighted by Gasteiger charge is -2.37. The molecule has 2 aromatic carbocycles. The summed E-state index contributed by atoms with van der Waals surface area (Å²) in [5.41, 5.74) is 6.23. The summed E-state index contributed by atoms with van der Waals surface area (Å²) in [6.07, 6.45) is 0.510. The second-order valence-corrected chi connectivity index (χ2v) is 6.76. The molecule has 0 spiro atoms. The number of hydrogen-bond acceptors (Lipinski definition) is 2. The molecule has 0 bridgehead atoms. The molecule has 1 amide bonds. The number of piperazine rings is 1. The number of carbonyl (C=O) groups is 1. The summed E-state index contributed by atoms with van der Waals surface area (Å²) in [7, 11) is 0. The van der Waals surface area contributed by atoms with E-state index in [1.165, 1.54) is 22.4 Å². The van der Waals surface area contributed by atoms with Crippen LogP contribution < -0.4 is 4.90 Å². The molecule has 0 N–H and O–H groups in total. The molecular formula is C21H26N2O. The molecule has 1 aliphatic rings. The molecule has 1 saturated heterocycles. The Hall–Kier alpha value is -2.29. The molecule has 0 saturated carbocycles. The number of rotatable bonds is 3. The fourth-order valence-electron chi connectivity index (χ4n) is 3.34. The highest BCUT2D eigenvalue weighted by molar-refractivity contribution is 5.79. The van der Waals surface area contributed by atoms with Gasteiger partial charge >= 0.3 is 0 Å². The van der Waals surface area contributed by atoms with E-state index in [1.807, 2.05) is 17.0 Å². The summed E-state index contributed by atoms with van der Waals surface area (Å²) < 4.78 is 0. The molecule has 2 aromatic rings. The van der Waals surface area contributed by atoms with Gasteiger partial charge in [0.2, 0.25) is 5.91 Å². The van der Waals surface area contributed by atoms with Crippen LogP contribution in [0.3, 0.4) is 0 Å². The molecule has 0 aliphatic carbocycles. The molecule has 0 aromatic heterocycles. The first-order valence-electron chi connectivity index (χ1n) is 8.69. The average Bonchev–Trinajstić information content (AvgIpc) is 2.59. The van der Waals surface area contributed by atoms with Crippen molar-refractivity contribution in [2.45, 2.75) is 27.2 Å². The normalized spacial score (nSPS) is 14.8. The van der Waals surface area contributed by atoms with Crippen LogP contribution in [0.4, 0.5) is 5.69 Å². The van der Waals surface area contributed by atoms with Crippen LogP contribution in [0.2, 0.25) is 0 Å². The minimum atomic E-state index is 0.241. The van der Waals surface area contributed by atoms with Gasteiger partial charge in [0, 0.05) is 31.9 Å². The number of aryl methyl sites for hydroxylation is 3. The van der Waals surface area contributed by atoms with Crippen LogP contribution >= 0.6 is 0 Å². The second-order valence-electron chi connectivity index (χ2n) is 6.76. The zero-order valence-electron chi connectivity index (χ0n) is 14.9. The Morgan fingerprint density at radius 1 is 0.917 bits per heavy atom. The number of benzene rings is 2. The van der Waals surface area contributed by atoms with Crippen LogP contribution in [-0.4, -0.2) is 37.0 Å². The van der Waals surface area contributed by atoms with Crippen molar-refractivity contribution < 1.29 is 4.79 Å². The smallest absolute Gasteiger partial charge is 0.227 e. The topological polar surface area (TPSA) is 23.6 Å². The minimum Gasteiger partial charge on any atom is -0.368 e. The third-order valence-corrected chi connectivity index (χ3v) is 4.94. The molecule has 3 heteroatoms. The van der Waals surface area contributed by atoms with Gasteiger partial charge in [0.1, 0.15) is 0 Å². The van der Waals surface area contributed by atoms with Gasteiger partial charge in [-0.2, -0.15) is 0 Å². The molecule has 3 nitrogen and oxygen atoms in total. The summed E-state index contributed by atoms with van der Waals surface area (Å²) in [6.45, 7) is 9.78. The number of hydrogen-bond donors (Lipinski definition) is 0. The summed E-state index contributed by atoms with van der Waals surface area (Å²) in [5, 5.41) is 0. The molecule has 126 valence electrons. The standard InChI is InChI=1S/C21H26N2O/c1-16-8-9-18(3)20(14-16)22-10-12-23(13-11-22)21(24)15-19-7-5-4-6-17(19)2/h4-9,14H,10-13,15H2,1-3H3. The van der Waals surface area contributed by atoms with Gasteiger partial charge in [0.25, 0.3) is 0 Å². The van der Waals surface area contributed by atoms with Gasteiger partial charge in [0.05, 0.1) is 6.42 Å². The summed E-state index contributed by atoms with van der Waals surface area (Å²) in [4.78, 5) is 17.0. The van der Waals surface area contributed by atoms with Crippen LogP contribution in [0, 0.1) is 20.8 Å². The molecule has 0 atom stereocenters. The summed E-state index contributed by atoms with van der Waals surface area (Å²) in [5.74, 6) is 0.241. The van der Waals surface area contributed by atoms with Crippen LogP contribution in [0.5, 0.6) is 0 Å². The summed E-state index contributed by atoms with van der Waals surface area (Å²) in [6, 6.07) is 14.7. The van der Waals surface area contributed by atoms with Gasteiger partial charge in [-0.25, -0.2) is 0 Å². The number of anilines is 1. The maximum Gasteiger partial charge on any atom is 0.227 e. The van der Waals surface area contributed by atoms with E-state index in [0.717, 1.165) is 31.7 Å². The molecule has 1 fully saturated rings. The van der Waals surface area contributed by atoms with Crippen LogP contribution in [0.25, 0.3) is 0 Å². The van der Waals surface area contributed by atoms with E-state index < -0.39 is 0 Å². The zero-order chi connectivity index (χ0) is 17.1. The molecule has 1 aliphatic heterocycles. The predicted octanol–water partition coefficient (Wildman–Crippen LogP) is 3.50. The Morgan fingerprint density at radius 2 is 1.62 bits per heavy atom. The zero-order valence-corrected chi connectivity index (χ0v) is 14.9. The van der Waals surface area contributed by atoms with E-state index in [1.54, 1.807) is 0 Å². The lowest BCUT2D eigenvalue weighted by molar-refractivity contribution is -0.130. The van der Waals surface area contributed by atoms with E-state index in [4.69, 9.17) is 0 Å². The van der Waals surface area contributed by atoms with E-state index in [-0.39, 0.29) is 5.91 Å². The van der Waals surface area contributed by atoms with Crippen LogP contribution in [0.15, 0.2) is 42.5 Å². The van der Waals surface area contributed by atoms with Crippen molar-refractivity contribution in [2.24, 2.45) is 0 Å². The maximum absolute atomic E-state index is 12.6. The van der Waals surface area contributed by atoms with E-state index in [2.05, 4.69) is 56.0 Å². The number of amides is 1. The predicted molar refractivity (Wildman–Crippen MR) is 99.6 cm³/mol. The van der Waals surface area contributed by atoms with Gasteiger partial charge in [0.15, 0.2) is 0 Å². The Morgan fingerprint density at radius 3 is 2.33 bits per heavy atom. The molecule has 1 heterocycles. The van der Waals surface area contributed by atoms with Gasteiger partial charge < -0.3 is 9.80 Å². The lowest BCUT2D eigenvalue weighted by atomic mass is 10.0. The first kappa shape index (κ1) is 16.6. The average molecular weight is 322 g/mol. The highest BCUT2D eigenvalue weighted by atomic mass is 16.2. The van der Waals surface area contributed by atoms with Crippen molar-refractivity contribution in [1.29, 1.82) is 0 Å². The Balaban J connectivity index is 1.61. The number of nitrogens with zero attached hydrogens (tertiary/aromatic N) is 2. The van der Waals surface area contributed by atoms with Crippen molar-refractivity contribution in [3.8, 4) is 0 Å². The first-order chi connectivity index (χ1) is 11.5. The second kappa shape index (κ2) is 7.08. The molecule has 24 heavy (non-hydrogen) atoms. The van der Waals surface area contributed by atoms with E-state index in [0.29, 0.717) is 6.42 Å². The lowest BCUT2D eigenvalue weighted by Crippen LogP contribution is -2.49. The maximum atomic E-state index is 12.6. The molecular weight excluding hydrogens is 296 g/mol. The monoisotopic (exact) mass is 322 g/mol. The highest BCUT2D eigenvalue weighted by Gasteiger charge is 2.22. The van der Waals surface area contributed by atoms with Crippen molar-refractivity contribution in [3.63, 3.8) is 0 Å². The quantitative estimate of drug-likeness (QED) is 0.863. The van der Waals surface area contributed by atoms with E-state index >= 15 is 0 Å². The van der Waals surface area contributed by atoms with E-state index in [9.17, 15) is 4.79 Å². The van der Waals surface area contributed by atoms with Crippen molar-refractivity contribution in [1.82, 2.24) is 4.90 Å². The molecule has 0 unspecified atom stereocenters. The molecule has 0 radical (unpaired) electrons. The van der Waals surface area contributed by atoms with Gasteiger partial charge in [-0.15, -0.1) is 0 Å². The Bertz CT molecular complexity index is 730. The Labute approximate surface area is 144 Å². The largest absolute Gasteiger partial charge is 0.368 e. The first-order valence-corrected chi connectivity index (χ1v) is 8.69. The fourth-order valence-corrected chi connectivity index (χ4v) is 3.34. The summed E-state index contributed by atoms with van der Waals surface area (Å²) >= 11 is 0. The SMILES string of the molecule is Cc1ccc(C)c(N2CCN(C(=O)Cc3ccccc3C)CC2)c1. The van der Waals surface area contributed by atoms with Gasteiger partial charge in [-0.3, -0.25) is 4.79 Å². The highest BCUT2D eigenvalue weighted by Crippen LogP contribution is 2.23. The third-order valence-electron chi connectivity index (χ3n) is 4.94. The van der Waals surface area contributed by atoms with Crippen molar-refractivity contribution in [3.05, 3.63) is 64.7 Å². The minimum absolute atomic E-state index is 0.241. The van der Waals surface area contributed by atoms with Gasteiger partial charge in [-0.1, -0.05) is 36.4 Å². The van der Waals surface area contributed by atoms with Crippen molar-refractivity contribution in [2.75, 3.05) is 31.1 Å². The fraction of sp³-hybridized carbons (Fsp3) is 0.381.